The number of carbonyl (C=O) groups is 1. The molecule has 0 bridgehead atoms. The van der Waals surface area contributed by atoms with Crippen LogP contribution in [-0.4, -0.2) is 55.0 Å². The predicted molar refractivity (Wildman–Crippen MR) is 104 cm³/mol. The van der Waals surface area contributed by atoms with Crippen molar-refractivity contribution in [3.8, 4) is 0 Å². The molecule has 1 N–H and O–H groups in total. The topological polar surface area (TPSA) is 35.6 Å². The Balaban J connectivity index is 1.41. The Morgan fingerprint density at radius 2 is 1.71 bits per heavy atom. The molecule has 0 atom stereocenters. The van der Waals surface area contributed by atoms with Crippen molar-refractivity contribution in [1.29, 1.82) is 0 Å². The van der Waals surface area contributed by atoms with Crippen LogP contribution < -0.4 is 5.32 Å². The van der Waals surface area contributed by atoms with Gasteiger partial charge in [-0.15, -0.1) is 0 Å². The molecule has 4 nitrogen and oxygen atoms in total. The average molecular weight is 397 g/mol. The number of hydrogen-bond acceptors (Lipinski definition) is 3. The number of nitrogens with zero attached hydrogens (tertiary/aromatic N) is 2. The van der Waals surface area contributed by atoms with Gasteiger partial charge >= 0.3 is 6.18 Å². The molecule has 1 aromatic rings. The van der Waals surface area contributed by atoms with Gasteiger partial charge < -0.3 is 15.1 Å². The SMILES string of the molecule is O=C(CNc1cccc(C(F)(F)F)c1)N1CCC(CN2CCCCCC2)CC1. The molecular weight excluding hydrogens is 367 g/mol. The maximum absolute atomic E-state index is 12.8. The molecule has 0 radical (unpaired) electrons. The monoisotopic (exact) mass is 397 g/mol. The van der Waals surface area contributed by atoms with E-state index < -0.39 is 11.7 Å². The van der Waals surface area contributed by atoms with Crippen LogP contribution in [0.25, 0.3) is 0 Å². The molecule has 3 rings (SSSR count). The van der Waals surface area contributed by atoms with Gasteiger partial charge in [0.25, 0.3) is 0 Å². The molecule has 2 aliphatic rings. The van der Waals surface area contributed by atoms with Gasteiger partial charge in [0.15, 0.2) is 0 Å². The van der Waals surface area contributed by atoms with Gasteiger partial charge in [-0.2, -0.15) is 13.2 Å². The summed E-state index contributed by atoms with van der Waals surface area (Å²) in [6.07, 6.45) is 2.89. The number of carbonyl (C=O) groups excluding carboxylic acids is 1. The Bertz CT molecular complexity index is 634. The van der Waals surface area contributed by atoms with E-state index in [0.717, 1.165) is 44.6 Å². The minimum Gasteiger partial charge on any atom is -0.376 e. The van der Waals surface area contributed by atoms with Crippen LogP contribution >= 0.6 is 0 Å². The number of likely N-dealkylation sites (tertiary alicyclic amines) is 2. The Morgan fingerprint density at radius 1 is 1.04 bits per heavy atom. The molecule has 28 heavy (non-hydrogen) atoms. The quantitative estimate of drug-likeness (QED) is 0.808. The summed E-state index contributed by atoms with van der Waals surface area (Å²) in [5.41, 5.74) is -0.390. The van der Waals surface area contributed by atoms with Gasteiger partial charge in [-0.25, -0.2) is 0 Å². The fourth-order valence-electron chi connectivity index (χ4n) is 4.14. The van der Waals surface area contributed by atoms with Crippen molar-refractivity contribution in [1.82, 2.24) is 9.80 Å². The van der Waals surface area contributed by atoms with Gasteiger partial charge in [0.1, 0.15) is 0 Å². The standard InChI is InChI=1S/C21H30F3N3O/c22-21(23,24)18-6-5-7-19(14-18)25-15-20(28)27-12-8-17(9-13-27)16-26-10-3-1-2-4-11-26/h5-7,14,17,25H,1-4,8-13,15-16H2. The van der Waals surface area contributed by atoms with Gasteiger partial charge in [-0.05, 0) is 62.9 Å². The van der Waals surface area contributed by atoms with Crippen LogP contribution in [0.3, 0.4) is 0 Å². The van der Waals surface area contributed by atoms with E-state index >= 15 is 0 Å². The van der Waals surface area contributed by atoms with Crippen LogP contribution in [0, 0.1) is 5.92 Å². The molecule has 1 aromatic carbocycles. The highest BCUT2D eigenvalue weighted by molar-refractivity contribution is 5.81. The van der Waals surface area contributed by atoms with Crippen molar-refractivity contribution < 1.29 is 18.0 Å². The number of benzene rings is 1. The molecule has 0 spiro atoms. The smallest absolute Gasteiger partial charge is 0.376 e. The van der Waals surface area contributed by atoms with Crippen LogP contribution in [0.2, 0.25) is 0 Å². The molecule has 2 heterocycles. The first kappa shape index (κ1) is 21.0. The summed E-state index contributed by atoms with van der Waals surface area (Å²) >= 11 is 0. The lowest BCUT2D eigenvalue weighted by molar-refractivity contribution is -0.137. The highest BCUT2D eigenvalue weighted by Crippen LogP contribution is 2.30. The van der Waals surface area contributed by atoms with Crippen molar-refractivity contribution >= 4 is 11.6 Å². The van der Waals surface area contributed by atoms with E-state index in [9.17, 15) is 18.0 Å². The molecule has 2 fully saturated rings. The second-order valence-corrected chi connectivity index (χ2v) is 7.97. The zero-order chi connectivity index (χ0) is 20.0. The molecule has 156 valence electrons. The summed E-state index contributed by atoms with van der Waals surface area (Å²) in [6.45, 7) is 5.02. The number of rotatable bonds is 5. The number of alkyl halides is 3. The van der Waals surface area contributed by atoms with Crippen LogP contribution in [0.15, 0.2) is 24.3 Å². The van der Waals surface area contributed by atoms with Gasteiger partial charge in [0.2, 0.25) is 5.91 Å². The van der Waals surface area contributed by atoms with Crippen LogP contribution in [0.4, 0.5) is 18.9 Å². The Morgan fingerprint density at radius 3 is 2.36 bits per heavy atom. The number of hydrogen-bond donors (Lipinski definition) is 1. The first-order valence-corrected chi connectivity index (χ1v) is 10.3. The van der Waals surface area contributed by atoms with E-state index in [1.54, 1.807) is 6.07 Å². The zero-order valence-corrected chi connectivity index (χ0v) is 16.3. The van der Waals surface area contributed by atoms with E-state index in [2.05, 4.69) is 10.2 Å². The van der Waals surface area contributed by atoms with Crippen molar-refractivity contribution in [3.63, 3.8) is 0 Å². The Labute approximate surface area is 165 Å². The molecule has 7 heteroatoms. The van der Waals surface area contributed by atoms with Gasteiger partial charge in [-0.3, -0.25) is 4.79 Å². The summed E-state index contributed by atoms with van der Waals surface area (Å²) in [5.74, 6) is 0.587. The van der Waals surface area contributed by atoms with Crippen molar-refractivity contribution in [2.45, 2.75) is 44.7 Å². The lowest BCUT2D eigenvalue weighted by Gasteiger charge is -2.34. The summed E-state index contributed by atoms with van der Waals surface area (Å²) in [6, 6.07) is 4.97. The number of amides is 1. The predicted octanol–water partition coefficient (Wildman–Crippen LogP) is 4.23. The van der Waals surface area contributed by atoms with Gasteiger partial charge in [0.05, 0.1) is 12.1 Å². The van der Waals surface area contributed by atoms with Crippen molar-refractivity contribution in [2.75, 3.05) is 44.6 Å². The number of halogens is 3. The molecule has 0 saturated carbocycles. The molecular formula is C21H30F3N3O. The maximum atomic E-state index is 12.8. The minimum absolute atomic E-state index is 0.0259. The first-order chi connectivity index (χ1) is 13.4. The molecule has 1 amide bonds. The number of piperidine rings is 1. The van der Waals surface area contributed by atoms with Crippen LogP contribution in [0.1, 0.15) is 44.1 Å². The third-order valence-corrected chi connectivity index (χ3v) is 5.82. The summed E-state index contributed by atoms with van der Waals surface area (Å²) < 4.78 is 38.3. The normalized spacial score (nSPS) is 20.0. The van der Waals surface area contributed by atoms with Gasteiger partial charge in [-0.1, -0.05) is 18.9 Å². The van der Waals surface area contributed by atoms with Crippen LogP contribution in [-0.2, 0) is 11.0 Å². The average Bonchev–Trinajstić information content (AvgIpc) is 2.95. The zero-order valence-electron chi connectivity index (χ0n) is 16.3. The highest BCUT2D eigenvalue weighted by Gasteiger charge is 2.30. The van der Waals surface area contributed by atoms with E-state index in [-0.39, 0.29) is 12.5 Å². The molecule has 0 aliphatic carbocycles. The lowest BCUT2D eigenvalue weighted by atomic mass is 9.96. The molecule has 0 unspecified atom stereocenters. The van der Waals surface area contributed by atoms with E-state index in [0.29, 0.717) is 11.6 Å². The summed E-state index contributed by atoms with van der Waals surface area (Å²) in [5, 5.41) is 2.84. The molecule has 2 aliphatic heterocycles. The Kier molecular flexibility index (Phi) is 7.21. The van der Waals surface area contributed by atoms with Crippen molar-refractivity contribution in [2.24, 2.45) is 5.92 Å². The molecule has 0 aromatic heterocycles. The minimum atomic E-state index is -4.38. The Hall–Kier alpha value is -1.76. The third-order valence-electron chi connectivity index (χ3n) is 5.82. The fourth-order valence-corrected chi connectivity index (χ4v) is 4.14. The number of nitrogens with one attached hydrogen (secondary N) is 1. The van der Waals surface area contributed by atoms with E-state index in [4.69, 9.17) is 0 Å². The number of anilines is 1. The van der Waals surface area contributed by atoms with E-state index in [1.165, 1.54) is 44.8 Å². The molecule has 2 saturated heterocycles. The summed E-state index contributed by atoms with van der Waals surface area (Å²) in [7, 11) is 0. The lowest BCUT2D eigenvalue weighted by Crippen LogP contribution is -2.43. The second-order valence-electron chi connectivity index (χ2n) is 7.97. The largest absolute Gasteiger partial charge is 0.416 e. The highest BCUT2D eigenvalue weighted by atomic mass is 19.4. The first-order valence-electron chi connectivity index (χ1n) is 10.3. The van der Waals surface area contributed by atoms with E-state index in [1.807, 2.05) is 4.90 Å². The van der Waals surface area contributed by atoms with Gasteiger partial charge in [0, 0.05) is 25.3 Å². The van der Waals surface area contributed by atoms with Crippen molar-refractivity contribution in [3.05, 3.63) is 29.8 Å². The fraction of sp³-hybridized carbons (Fsp3) is 0.667. The summed E-state index contributed by atoms with van der Waals surface area (Å²) in [4.78, 5) is 16.8. The second kappa shape index (κ2) is 9.63. The third kappa shape index (κ3) is 6.12. The van der Waals surface area contributed by atoms with Crippen LogP contribution in [0.5, 0.6) is 0 Å². The maximum Gasteiger partial charge on any atom is 0.416 e.